The first-order valence-corrected chi connectivity index (χ1v) is 14.0. The highest BCUT2D eigenvalue weighted by atomic mass is 32.2. The number of H-pyrrole nitrogens is 1. The average molecular weight is 416 g/mol. The number of rotatable bonds is 6. The Morgan fingerprint density at radius 3 is 2.29 bits per heavy atom. The minimum atomic E-state index is -3.51. The summed E-state index contributed by atoms with van der Waals surface area (Å²) >= 11 is 0. The van der Waals surface area contributed by atoms with Gasteiger partial charge < -0.3 is 9.41 Å². The summed E-state index contributed by atoms with van der Waals surface area (Å²) in [4.78, 5) is 4.01. The second-order valence-corrected chi connectivity index (χ2v) is 15.5. The molecule has 150 valence electrons. The molecule has 0 spiro atoms. The number of sulfone groups is 1. The smallest absolute Gasteiger partial charge is 0.206 e. The number of aromatic nitrogens is 1. The number of hydrogen-bond donors (Lipinski definition) is 1. The van der Waals surface area contributed by atoms with Crippen LogP contribution in [0.4, 0.5) is 0 Å². The van der Waals surface area contributed by atoms with Crippen LogP contribution in [0.3, 0.4) is 0 Å². The minimum Gasteiger partial charge on any atom is -0.416 e. The summed E-state index contributed by atoms with van der Waals surface area (Å²) in [5.41, 5.74) is 2.00. The van der Waals surface area contributed by atoms with Crippen molar-refractivity contribution < 1.29 is 12.8 Å². The highest BCUT2D eigenvalue weighted by Gasteiger charge is 2.36. The van der Waals surface area contributed by atoms with Crippen LogP contribution in [0.1, 0.15) is 26.5 Å². The predicted octanol–water partition coefficient (Wildman–Crippen LogP) is 5.57. The van der Waals surface area contributed by atoms with Crippen LogP contribution in [0.25, 0.3) is 10.9 Å². The van der Waals surface area contributed by atoms with Crippen LogP contribution < -0.4 is 0 Å². The van der Waals surface area contributed by atoms with Crippen LogP contribution in [0.5, 0.6) is 0 Å². The van der Waals surface area contributed by atoms with Crippen molar-refractivity contribution in [2.75, 3.05) is 6.61 Å². The topological polar surface area (TPSA) is 59.2 Å². The first kappa shape index (κ1) is 20.8. The maximum atomic E-state index is 12.8. The fourth-order valence-electron chi connectivity index (χ4n) is 2.84. The third-order valence-electron chi connectivity index (χ3n) is 5.65. The number of nitrogens with one attached hydrogen (secondary N) is 1. The summed E-state index contributed by atoms with van der Waals surface area (Å²) in [5.74, 6) is 0. The van der Waals surface area contributed by atoms with E-state index >= 15 is 0 Å². The van der Waals surface area contributed by atoms with E-state index < -0.39 is 18.2 Å². The minimum absolute atomic E-state index is 0.189. The third kappa shape index (κ3) is 4.24. The molecule has 3 aromatic rings. The van der Waals surface area contributed by atoms with Gasteiger partial charge in [0.1, 0.15) is 0 Å². The fourth-order valence-corrected chi connectivity index (χ4v) is 5.20. The second-order valence-electron chi connectivity index (χ2n) is 8.72. The molecule has 0 atom stereocenters. The molecule has 1 aromatic heterocycles. The Balaban J connectivity index is 1.78. The van der Waals surface area contributed by atoms with E-state index in [9.17, 15) is 8.42 Å². The Bertz CT molecular complexity index is 1060. The largest absolute Gasteiger partial charge is 0.416 e. The summed E-state index contributed by atoms with van der Waals surface area (Å²) in [6, 6.07) is 15.8. The van der Waals surface area contributed by atoms with E-state index in [2.05, 4.69) is 38.8 Å². The molecule has 1 N–H and O–H groups in total. The number of aromatic amines is 1. The fraction of sp³-hybridized carbons (Fsp3) is 0.364. The molecule has 0 amide bonds. The van der Waals surface area contributed by atoms with E-state index in [0.29, 0.717) is 16.4 Å². The molecule has 0 bridgehead atoms. The van der Waals surface area contributed by atoms with Crippen LogP contribution in [0.2, 0.25) is 18.1 Å². The molecule has 2 aromatic carbocycles. The number of benzene rings is 2. The summed E-state index contributed by atoms with van der Waals surface area (Å²) in [5, 5.41) is 1.09. The maximum Gasteiger partial charge on any atom is 0.206 e. The van der Waals surface area contributed by atoms with Crippen LogP contribution >= 0.6 is 0 Å². The number of fused-ring (bicyclic) bond motifs is 1. The van der Waals surface area contributed by atoms with Crippen molar-refractivity contribution in [1.29, 1.82) is 0 Å². The van der Waals surface area contributed by atoms with Gasteiger partial charge in [-0.2, -0.15) is 0 Å². The zero-order valence-electron chi connectivity index (χ0n) is 17.2. The molecule has 0 saturated heterocycles. The van der Waals surface area contributed by atoms with Gasteiger partial charge in [-0.25, -0.2) is 8.42 Å². The molecule has 0 fully saturated rings. The van der Waals surface area contributed by atoms with Gasteiger partial charge in [-0.1, -0.05) is 39.0 Å². The van der Waals surface area contributed by atoms with Gasteiger partial charge in [0.05, 0.1) is 9.79 Å². The van der Waals surface area contributed by atoms with Gasteiger partial charge in [0.25, 0.3) is 0 Å². The Kier molecular flexibility index (Phi) is 5.58. The molecule has 4 nitrogen and oxygen atoms in total. The Morgan fingerprint density at radius 1 is 0.964 bits per heavy atom. The molecular formula is C22H29NO3SSi. The van der Waals surface area contributed by atoms with Crippen molar-refractivity contribution >= 4 is 29.1 Å². The zero-order valence-corrected chi connectivity index (χ0v) is 19.1. The second kappa shape index (κ2) is 7.50. The standard InChI is InChI=1S/C22H29NO3SSi/c1-22(2,3)28(4,5)26-14-13-18-15-17-16-20(11-12-21(17)23-18)27(24,25)19-9-7-6-8-10-19/h6-12,15-16,23H,13-14H2,1-5H3. The Labute approximate surface area is 169 Å². The maximum absolute atomic E-state index is 12.8. The van der Waals surface area contributed by atoms with Crippen molar-refractivity contribution in [3.63, 3.8) is 0 Å². The molecule has 3 rings (SSSR count). The van der Waals surface area contributed by atoms with Gasteiger partial charge in [-0.3, -0.25) is 0 Å². The molecule has 0 aliphatic rings. The summed E-state index contributed by atoms with van der Waals surface area (Å²) in [6.07, 6.45) is 0.780. The van der Waals surface area contributed by atoms with E-state index in [0.717, 1.165) is 23.0 Å². The van der Waals surface area contributed by atoms with Gasteiger partial charge in [0, 0.05) is 29.6 Å². The lowest BCUT2D eigenvalue weighted by molar-refractivity contribution is 0.291. The molecular weight excluding hydrogens is 386 g/mol. The summed E-state index contributed by atoms with van der Waals surface area (Å²) < 4.78 is 31.9. The first-order valence-electron chi connectivity index (χ1n) is 9.56. The first-order chi connectivity index (χ1) is 13.0. The molecule has 1 heterocycles. The van der Waals surface area contributed by atoms with Crippen molar-refractivity contribution in [3.8, 4) is 0 Å². The van der Waals surface area contributed by atoms with Crippen LogP contribution in [0.15, 0.2) is 64.4 Å². The van der Waals surface area contributed by atoms with Crippen LogP contribution in [-0.4, -0.2) is 28.3 Å². The predicted molar refractivity (Wildman–Crippen MR) is 117 cm³/mol. The normalized spacial score (nSPS) is 13.2. The molecule has 0 aliphatic heterocycles. The number of hydrogen-bond acceptors (Lipinski definition) is 3. The lowest BCUT2D eigenvalue weighted by atomic mass is 10.2. The molecule has 0 unspecified atom stereocenters. The molecule has 0 saturated carbocycles. The van der Waals surface area contributed by atoms with Crippen molar-refractivity contribution in [2.24, 2.45) is 0 Å². The van der Waals surface area contributed by atoms with Crippen molar-refractivity contribution in [1.82, 2.24) is 4.98 Å². The lowest BCUT2D eigenvalue weighted by Gasteiger charge is -2.36. The van der Waals surface area contributed by atoms with Gasteiger partial charge in [0.15, 0.2) is 8.32 Å². The zero-order chi connectivity index (χ0) is 20.6. The van der Waals surface area contributed by atoms with E-state index in [-0.39, 0.29) is 5.04 Å². The highest BCUT2D eigenvalue weighted by molar-refractivity contribution is 7.91. The van der Waals surface area contributed by atoms with Gasteiger partial charge in [-0.05, 0) is 54.5 Å². The molecule has 6 heteroatoms. The van der Waals surface area contributed by atoms with Gasteiger partial charge in [0.2, 0.25) is 9.84 Å². The third-order valence-corrected chi connectivity index (χ3v) is 12.0. The van der Waals surface area contributed by atoms with E-state index in [1.54, 1.807) is 36.4 Å². The van der Waals surface area contributed by atoms with Gasteiger partial charge >= 0.3 is 0 Å². The van der Waals surface area contributed by atoms with E-state index in [4.69, 9.17) is 4.43 Å². The molecule has 0 radical (unpaired) electrons. The SMILES string of the molecule is CC(C)(C)[Si](C)(C)OCCc1cc2cc(S(=O)(=O)c3ccccc3)ccc2[nH]1. The highest BCUT2D eigenvalue weighted by Crippen LogP contribution is 2.36. The summed E-state index contributed by atoms with van der Waals surface area (Å²) in [6.45, 7) is 11.9. The van der Waals surface area contributed by atoms with E-state index in [1.165, 1.54) is 0 Å². The van der Waals surface area contributed by atoms with Crippen molar-refractivity contribution in [3.05, 3.63) is 60.3 Å². The summed E-state index contributed by atoms with van der Waals surface area (Å²) in [7, 11) is -5.27. The van der Waals surface area contributed by atoms with Gasteiger partial charge in [-0.15, -0.1) is 0 Å². The Hall–Kier alpha value is -1.89. The monoisotopic (exact) mass is 415 g/mol. The van der Waals surface area contributed by atoms with E-state index in [1.807, 2.05) is 18.2 Å². The lowest BCUT2D eigenvalue weighted by Crippen LogP contribution is -2.41. The van der Waals surface area contributed by atoms with Crippen LogP contribution in [-0.2, 0) is 20.7 Å². The Morgan fingerprint density at radius 2 is 1.64 bits per heavy atom. The average Bonchev–Trinajstić information content (AvgIpc) is 3.03. The van der Waals surface area contributed by atoms with Crippen molar-refractivity contribution in [2.45, 2.75) is 55.1 Å². The molecule has 28 heavy (non-hydrogen) atoms. The van der Waals surface area contributed by atoms with Crippen LogP contribution in [0, 0.1) is 0 Å². The molecule has 0 aliphatic carbocycles. The quantitative estimate of drug-likeness (QED) is 0.536.